The first kappa shape index (κ1) is 11.4. The van der Waals surface area contributed by atoms with Gasteiger partial charge in [-0.25, -0.2) is 23.2 Å². The van der Waals surface area contributed by atoms with E-state index < -0.39 is 16.1 Å². The van der Waals surface area contributed by atoms with Gasteiger partial charge in [0.15, 0.2) is 0 Å². The van der Waals surface area contributed by atoms with Crippen LogP contribution in [0.5, 0.6) is 0 Å². The molecule has 0 aromatic carbocycles. The second kappa shape index (κ2) is 3.81. The predicted octanol–water partition coefficient (Wildman–Crippen LogP) is 0.229. The summed E-state index contributed by atoms with van der Waals surface area (Å²) in [7, 11) is -3.89. The van der Waals surface area contributed by atoms with E-state index in [1.54, 1.807) is 0 Å². The molecule has 1 aromatic rings. The van der Waals surface area contributed by atoms with Gasteiger partial charge in [0, 0.05) is 0 Å². The van der Waals surface area contributed by atoms with Crippen molar-refractivity contribution in [3.05, 3.63) is 18.2 Å². The van der Waals surface area contributed by atoms with Crippen molar-refractivity contribution in [2.75, 3.05) is 10.6 Å². The Morgan fingerprint density at radius 3 is 2.53 bits per heavy atom. The van der Waals surface area contributed by atoms with Crippen LogP contribution in [0.4, 0.5) is 10.5 Å². The summed E-state index contributed by atoms with van der Waals surface area (Å²) in [5.74, 6) is 0. The van der Waals surface area contributed by atoms with Crippen molar-refractivity contribution in [2.24, 2.45) is 0 Å². The SMILES string of the molecule is Cc1ncncc1N(C(=O)O)S(C)(=O)=O. The van der Waals surface area contributed by atoms with E-state index in [0.717, 1.165) is 12.5 Å². The van der Waals surface area contributed by atoms with Gasteiger partial charge in [0.1, 0.15) is 12.0 Å². The van der Waals surface area contributed by atoms with Gasteiger partial charge in [-0.1, -0.05) is 0 Å². The first-order valence-corrected chi connectivity index (χ1v) is 5.68. The molecule has 7 nitrogen and oxygen atoms in total. The Morgan fingerprint density at radius 2 is 2.13 bits per heavy atom. The maximum absolute atomic E-state index is 11.2. The van der Waals surface area contributed by atoms with Crippen LogP contribution in [0.3, 0.4) is 0 Å². The Balaban J connectivity index is 3.36. The van der Waals surface area contributed by atoms with Crippen LogP contribution in [-0.4, -0.2) is 35.8 Å². The Bertz CT molecular complexity index is 485. The quantitative estimate of drug-likeness (QED) is 0.781. The molecule has 1 rings (SSSR count). The predicted molar refractivity (Wildman–Crippen MR) is 52.1 cm³/mol. The number of sulfonamides is 1. The minimum atomic E-state index is -3.89. The minimum absolute atomic E-state index is 0.0625. The van der Waals surface area contributed by atoms with Gasteiger partial charge in [0.05, 0.1) is 18.1 Å². The van der Waals surface area contributed by atoms with E-state index in [9.17, 15) is 13.2 Å². The van der Waals surface area contributed by atoms with E-state index in [2.05, 4.69) is 9.97 Å². The Hall–Kier alpha value is -1.70. The summed E-state index contributed by atoms with van der Waals surface area (Å²) in [4.78, 5) is 18.1. The Labute approximate surface area is 86.4 Å². The third kappa shape index (κ3) is 2.40. The van der Waals surface area contributed by atoms with Crippen LogP contribution in [0.15, 0.2) is 12.5 Å². The molecule has 0 saturated carbocycles. The molecular weight excluding hydrogens is 222 g/mol. The second-order valence-electron chi connectivity index (χ2n) is 2.80. The van der Waals surface area contributed by atoms with Gasteiger partial charge in [0.25, 0.3) is 0 Å². The molecule has 8 heteroatoms. The zero-order valence-corrected chi connectivity index (χ0v) is 8.89. The number of carbonyl (C=O) groups is 1. The van der Waals surface area contributed by atoms with Crippen molar-refractivity contribution >= 4 is 21.8 Å². The molecule has 0 atom stereocenters. The van der Waals surface area contributed by atoms with Gasteiger partial charge in [-0.3, -0.25) is 0 Å². The van der Waals surface area contributed by atoms with Crippen LogP contribution in [0.2, 0.25) is 0 Å². The van der Waals surface area contributed by atoms with Crippen molar-refractivity contribution < 1.29 is 18.3 Å². The molecule has 0 aliphatic heterocycles. The van der Waals surface area contributed by atoms with Crippen LogP contribution in [-0.2, 0) is 10.0 Å². The van der Waals surface area contributed by atoms with Crippen LogP contribution >= 0.6 is 0 Å². The largest absolute Gasteiger partial charge is 0.464 e. The molecule has 1 aromatic heterocycles. The smallest absolute Gasteiger partial charge is 0.426 e. The van der Waals surface area contributed by atoms with Gasteiger partial charge in [-0.15, -0.1) is 0 Å². The molecule has 0 bridgehead atoms. The fourth-order valence-corrected chi connectivity index (χ4v) is 1.83. The molecule has 1 amide bonds. The summed E-state index contributed by atoms with van der Waals surface area (Å²) < 4.78 is 22.7. The van der Waals surface area contributed by atoms with Crippen LogP contribution in [0, 0.1) is 6.92 Å². The molecule has 0 saturated heterocycles. The number of amides is 1. The Kier molecular flexibility index (Phi) is 2.89. The number of carboxylic acid groups (broad SMARTS) is 1. The highest BCUT2D eigenvalue weighted by atomic mass is 32.2. The van der Waals surface area contributed by atoms with Gasteiger partial charge in [-0.05, 0) is 6.92 Å². The molecule has 1 heterocycles. The van der Waals surface area contributed by atoms with Crippen molar-refractivity contribution in [2.45, 2.75) is 6.92 Å². The third-order valence-electron chi connectivity index (χ3n) is 1.61. The van der Waals surface area contributed by atoms with Crippen molar-refractivity contribution in [1.29, 1.82) is 0 Å². The lowest BCUT2D eigenvalue weighted by atomic mass is 10.4. The monoisotopic (exact) mass is 231 g/mol. The number of aromatic nitrogens is 2. The zero-order chi connectivity index (χ0) is 11.6. The van der Waals surface area contributed by atoms with Gasteiger partial charge in [-0.2, -0.15) is 4.31 Å². The highest BCUT2D eigenvalue weighted by Gasteiger charge is 2.26. The van der Waals surface area contributed by atoms with E-state index in [-0.39, 0.29) is 15.7 Å². The number of nitrogens with zero attached hydrogens (tertiary/aromatic N) is 3. The summed E-state index contributed by atoms with van der Waals surface area (Å²) in [5.41, 5.74) is 0.213. The summed E-state index contributed by atoms with van der Waals surface area (Å²) in [6.45, 7) is 1.50. The number of hydrogen-bond donors (Lipinski definition) is 1. The van der Waals surface area contributed by atoms with E-state index in [1.165, 1.54) is 13.3 Å². The van der Waals surface area contributed by atoms with Gasteiger partial charge < -0.3 is 5.11 Å². The van der Waals surface area contributed by atoms with Crippen molar-refractivity contribution in [1.82, 2.24) is 9.97 Å². The lowest BCUT2D eigenvalue weighted by Crippen LogP contribution is -2.35. The lowest BCUT2D eigenvalue weighted by Gasteiger charge is -2.17. The van der Waals surface area contributed by atoms with Crippen LogP contribution < -0.4 is 4.31 Å². The topological polar surface area (TPSA) is 100 Å². The summed E-state index contributed by atoms with van der Waals surface area (Å²) in [5, 5.41) is 8.78. The number of hydrogen-bond acceptors (Lipinski definition) is 5. The van der Waals surface area contributed by atoms with Crippen LogP contribution in [0.1, 0.15) is 5.69 Å². The van der Waals surface area contributed by atoms with E-state index in [0.29, 0.717) is 0 Å². The van der Waals surface area contributed by atoms with E-state index in [1.807, 2.05) is 0 Å². The maximum Gasteiger partial charge on any atom is 0.426 e. The highest BCUT2D eigenvalue weighted by molar-refractivity contribution is 7.92. The van der Waals surface area contributed by atoms with Crippen molar-refractivity contribution in [3.63, 3.8) is 0 Å². The Morgan fingerprint density at radius 1 is 1.53 bits per heavy atom. The number of aryl methyl sites for hydroxylation is 1. The molecule has 0 aliphatic carbocycles. The number of rotatable bonds is 2. The normalized spacial score (nSPS) is 11.1. The molecular formula is C7H9N3O4S. The molecule has 0 aliphatic rings. The highest BCUT2D eigenvalue weighted by Crippen LogP contribution is 2.18. The molecule has 15 heavy (non-hydrogen) atoms. The fourth-order valence-electron chi connectivity index (χ4n) is 1.01. The number of anilines is 1. The summed E-state index contributed by atoms with van der Waals surface area (Å²) >= 11 is 0. The lowest BCUT2D eigenvalue weighted by molar-refractivity contribution is 0.206. The molecule has 1 N–H and O–H groups in total. The first-order valence-electron chi connectivity index (χ1n) is 3.84. The third-order valence-corrected chi connectivity index (χ3v) is 2.63. The minimum Gasteiger partial charge on any atom is -0.464 e. The van der Waals surface area contributed by atoms with Gasteiger partial charge >= 0.3 is 6.09 Å². The van der Waals surface area contributed by atoms with Crippen molar-refractivity contribution in [3.8, 4) is 0 Å². The molecule has 0 unspecified atom stereocenters. The van der Waals surface area contributed by atoms with Gasteiger partial charge in [0.2, 0.25) is 10.0 Å². The molecule has 82 valence electrons. The molecule has 0 spiro atoms. The standard InChI is InChI=1S/C7H9N3O4S/c1-5-6(3-8-4-9-5)10(7(11)12)15(2,13)14/h3-4H,1-2H3,(H,11,12). The zero-order valence-electron chi connectivity index (χ0n) is 8.08. The average Bonchev–Trinajstić information content (AvgIpc) is 2.05. The second-order valence-corrected chi connectivity index (χ2v) is 4.63. The molecule has 0 radical (unpaired) electrons. The summed E-state index contributed by atoms with van der Waals surface area (Å²) in [6, 6.07) is 0. The fraction of sp³-hybridized carbons (Fsp3) is 0.286. The molecule has 0 fully saturated rings. The van der Waals surface area contributed by atoms with E-state index >= 15 is 0 Å². The average molecular weight is 231 g/mol. The maximum atomic E-state index is 11.2. The first-order chi connectivity index (χ1) is 6.84. The summed E-state index contributed by atoms with van der Waals surface area (Å²) in [6.07, 6.45) is 1.56. The van der Waals surface area contributed by atoms with Crippen LogP contribution in [0.25, 0.3) is 0 Å². The van der Waals surface area contributed by atoms with E-state index in [4.69, 9.17) is 5.11 Å².